The first-order valence-electron chi connectivity index (χ1n) is 5.04. The average molecular weight is 200 g/mol. The third-order valence-electron chi connectivity index (χ3n) is 2.86. The zero-order valence-corrected chi connectivity index (χ0v) is 9.25. The van der Waals surface area contributed by atoms with Crippen molar-refractivity contribution in [2.45, 2.75) is 26.3 Å². The topological polar surface area (TPSA) is 55.6 Å². The van der Waals surface area contributed by atoms with E-state index >= 15 is 0 Å². The van der Waals surface area contributed by atoms with Crippen LogP contribution in [0.4, 0.5) is 0 Å². The maximum atomic E-state index is 12.0. The minimum Gasteiger partial charge on any atom is -0.379 e. The Morgan fingerprint density at radius 1 is 1.64 bits per heavy atom. The van der Waals surface area contributed by atoms with Gasteiger partial charge in [0, 0.05) is 20.2 Å². The lowest BCUT2D eigenvalue weighted by atomic mass is 9.91. The molecule has 1 heterocycles. The molecule has 1 aliphatic heterocycles. The standard InChI is InChI=1S/C10H20N2O2/c1-10(2,7-11)9(13)12(3)8-4-5-14-6-8/h8H,4-7,11H2,1-3H3. The van der Waals surface area contributed by atoms with Gasteiger partial charge in [-0.2, -0.15) is 0 Å². The largest absolute Gasteiger partial charge is 0.379 e. The van der Waals surface area contributed by atoms with Gasteiger partial charge in [-0.25, -0.2) is 0 Å². The van der Waals surface area contributed by atoms with Gasteiger partial charge in [0.2, 0.25) is 5.91 Å². The number of nitrogens with zero attached hydrogens (tertiary/aromatic N) is 1. The number of amides is 1. The predicted molar refractivity (Wildman–Crippen MR) is 54.8 cm³/mol. The third-order valence-corrected chi connectivity index (χ3v) is 2.86. The van der Waals surface area contributed by atoms with Crippen LogP contribution >= 0.6 is 0 Å². The molecule has 1 fully saturated rings. The van der Waals surface area contributed by atoms with Gasteiger partial charge in [-0.3, -0.25) is 4.79 Å². The first-order valence-corrected chi connectivity index (χ1v) is 5.04. The fourth-order valence-electron chi connectivity index (χ4n) is 1.56. The van der Waals surface area contributed by atoms with Crippen LogP contribution in [0.25, 0.3) is 0 Å². The number of hydrogen-bond acceptors (Lipinski definition) is 3. The summed E-state index contributed by atoms with van der Waals surface area (Å²) in [6.07, 6.45) is 0.933. The van der Waals surface area contributed by atoms with Crippen molar-refractivity contribution in [2.75, 3.05) is 26.8 Å². The molecule has 1 rings (SSSR count). The molecule has 1 saturated heterocycles. The molecular formula is C10H20N2O2. The van der Waals surface area contributed by atoms with E-state index in [2.05, 4.69) is 0 Å². The number of likely N-dealkylation sites (N-methyl/N-ethyl adjacent to an activating group) is 1. The lowest BCUT2D eigenvalue weighted by Gasteiger charge is -2.31. The van der Waals surface area contributed by atoms with E-state index in [0.717, 1.165) is 13.0 Å². The summed E-state index contributed by atoms with van der Waals surface area (Å²) in [4.78, 5) is 13.8. The molecular weight excluding hydrogens is 180 g/mol. The van der Waals surface area contributed by atoms with Crippen LogP contribution in [-0.2, 0) is 9.53 Å². The molecule has 4 nitrogen and oxygen atoms in total. The lowest BCUT2D eigenvalue weighted by Crippen LogP contribution is -2.47. The molecule has 0 aromatic carbocycles. The van der Waals surface area contributed by atoms with Crippen molar-refractivity contribution < 1.29 is 9.53 Å². The van der Waals surface area contributed by atoms with Crippen molar-refractivity contribution in [3.8, 4) is 0 Å². The maximum Gasteiger partial charge on any atom is 0.229 e. The van der Waals surface area contributed by atoms with Crippen LogP contribution in [0, 0.1) is 5.41 Å². The lowest BCUT2D eigenvalue weighted by molar-refractivity contribution is -0.140. The van der Waals surface area contributed by atoms with E-state index in [1.54, 1.807) is 4.90 Å². The molecule has 0 radical (unpaired) electrons. The summed E-state index contributed by atoms with van der Waals surface area (Å²) >= 11 is 0. The second-order valence-electron chi connectivity index (χ2n) is 4.52. The Morgan fingerprint density at radius 3 is 2.71 bits per heavy atom. The van der Waals surface area contributed by atoms with Gasteiger partial charge in [-0.1, -0.05) is 0 Å². The zero-order valence-electron chi connectivity index (χ0n) is 9.25. The highest BCUT2D eigenvalue weighted by Gasteiger charge is 2.33. The number of carbonyl (C=O) groups is 1. The Morgan fingerprint density at radius 2 is 2.29 bits per heavy atom. The van der Waals surface area contributed by atoms with Crippen LogP contribution in [0.15, 0.2) is 0 Å². The SMILES string of the molecule is CN(C(=O)C(C)(C)CN)C1CCOC1. The Labute approximate surface area is 85.4 Å². The monoisotopic (exact) mass is 200 g/mol. The van der Waals surface area contributed by atoms with Crippen LogP contribution < -0.4 is 5.73 Å². The Balaban J connectivity index is 2.59. The van der Waals surface area contributed by atoms with Gasteiger partial charge >= 0.3 is 0 Å². The highest BCUT2D eigenvalue weighted by atomic mass is 16.5. The molecule has 0 spiro atoms. The first-order chi connectivity index (χ1) is 6.49. The Kier molecular flexibility index (Phi) is 3.50. The van der Waals surface area contributed by atoms with E-state index < -0.39 is 5.41 Å². The summed E-state index contributed by atoms with van der Waals surface area (Å²) in [6.45, 7) is 5.54. The van der Waals surface area contributed by atoms with Crippen molar-refractivity contribution in [2.24, 2.45) is 11.1 Å². The molecule has 1 amide bonds. The molecule has 4 heteroatoms. The van der Waals surface area contributed by atoms with Crippen LogP contribution in [0.2, 0.25) is 0 Å². The van der Waals surface area contributed by atoms with Gasteiger partial charge < -0.3 is 15.4 Å². The van der Waals surface area contributed by atoms with E-state index in [-0.39, 0.29) is 11.9 Å². The Bertz CT molecular complexity index is 210. The minimum absolute atomic E-state index is 0.107. The van der Waals surface area contributed by atoms with Crippen molar-refractivity contribution >= 4 is 5.91 Å². The fraction of sp³-hybridized carbons (Fsp3) is 0.900. The number of carbonyl (C=O) groups excluding carboxylic acids is 1. The number of hydrogen-bond donors (Lipinski definition) is 1. The fourth-order valence-corrected chi connectivity index (χ4v) is 1.56. The summed E-state index contributed by atoms with van der Waals surface area (Å²) in [5.74, 6) is 0.107. The second-order valence-corrected chi connectivity index (χ2v) is 4.52. The number of rotatable bonds is 3. The number of ether oxygens (including phenoxy) is 1. The van der Waals surface area contributed by atoms with E-state index in [1.165, 1.54) is 0 Å². The van der Waals surface area contributed by atoms with Crippen molar-refractivity contribution in [3.63, 3.8) is 0 Å². The van der Waals surface area contributed by atoms with Crippen LogP contribution in [0.3, 0.4) is 0 Å². The van der Waals surface area contributed by atoms with E-state index in [9.17, 15) is 4.79 Å². The molecule has 1 aliphatic rings. The van der Waals surface area contributed by atoms with Crippen molar-refractivity contribution in [3.05, 3.63) is 0 Å². The summed E-state index contributed by atoms with van der Waals surface area (Å²) in [7, 11) is 1.83. The van der Waals surface area contributed by atoms with Gasteiger partial charge in [0.25, 0.3) is 0 Å². The highest BCUT2D eigenvalue weighted by Crippen LogP contribution is 2.20. The number of nitrogens with two attached hydrogens (primary N) is 1. The molecule has 1 unspecified atom stereocenters. The smallest absolute Gasteiger partial charge is 0.229 e. The second kappa shape index (κ2) is 4.28. The minimum atomic E-state index is -0.461. The maximum absolute atomic E-state index is 12.0. The average Bonchev–Trinajstić information content (AvgIpc) is 2.68. The van der Waals surface area contributed by atoms with E-state index in [0.29, 0.717) is 13.2 Å². The third kappa shape index (κ3) is 2.25. The summed E-state index contributed by atoms with van der Waals surface area (Å²) in [5, 5.41) is 0. The van der Waals surface area contributed by atoms with Gasteiger partial charge in [-0.05, 0) is 20.3 Å². The zero-order chi connectivity index (χ0) is 10.8. The molecule has 1 atom stereocenters. The van der Waals surface area contributed by atoms with E-state index in [4.69, 9.17) is 10.5 Å². The highest BCUT2D eigenvalue weighted by molar-refractivity contribution is 5.82. The summed E-state index contributed by atoms with van der Waals surface area (Å²) < 4.78 is 5.25. The van der Waals surface area contributed by atoms with Gasteiger partial charge in [0.1, 0.15) is 0 Å². The van der Waals surface area contributed by atoms with Crippen LogP contribution in [0.5, 0.6) is 0 Å². The van der Waals surface area contributed by atoms with Crippen molar-refractivity contribution in [1.29, 1.82) is 0 Å². The van der Waals surface area contributed by atoms with E-state index in [1.807, 2.05) is 20.9 Å². The normalized spacial score (nSPS) is 22.4. The van der Waals surface area contributed by atoms with Gasteiger partial charge in [0.05, 0.1) is 18.1 Å². The predicted octanol–water partition coefficient (Wildman–Crippen LogP) is 0.219. The van der Waals surface area contributed by atoms with Gasteiger partial charge in [0.15, 0.2) is 0 Å². The molecule has 0 aliphatic carbocycles. The Hall–Kier alpha value is -0.610. The molecule has 2 N–H and O–H groups in total. The van der Waals surface area contributed by atoms with Gasteiger partial charge in [-0.15, -0.1) is 0 Å². The van der Waals surface area contributed by atoms with Crippen LogP contribution in [0.1, 0.15) is 20.3 Å². The summed E-state index contributed by atoms with van der Waals surface area (Å²) in [5.41, 5.74) is 5.10. The molecule has 14 heavy (non-hydrogen) atoms. The summed E-state index contributed by atoms with van der Waals surface area (Å²) in [6, 6.07) is 0.230. The van der Waals surface area contributed by atoms with Crippen molar-refractivity contribution in [1.82, 2.24) is 4.90 Å². The quantitative estimate of drug-likeness (QED) is 0.709. The molecule has 0 bridgehead atoms. The molecule has 0 saturated carbocycles. The van der Waals surface area contributed by atoms with Crippen LogP contribution in [-0.4, -0.2) is 43.7 Å². The molecule has 0 aromatic rings. The molecule has 0 aromatic heterocycles. The molecule has 82 valence electrons. The first kappa shape index (κ1) is 11.5.